The Labute approximate surface area is 143 Å². The van der Waals surface area contributed by atoms with Crippen molar-refractivity contribution in [3.05, 3.63) is 71.8 Å². The zero-order chi connectivity index (χ0) is 16.9. The molecule has 2 aromatic rings. The van der Waals surface area contributed by atoms with Crippen LogP contribution >= 0.6 is 0 Å². The molecule has 1 amide bonds. The van der Waals surface area contributed by atoms with Crippen LogP contribution in [0.15, 0.2) is 60.7 Å². The number of aliphatic hydroxyl groups excluding tert-OH is 1. The Morgan fingerprint density at radius 3 is 2.08 bits per heavy atom. The van der Waals surface area contributed by atoms with Crippen LogP contribution in [-0.4, -0.2) is 41.1 Å². The molecule has 1 aliphatic rings. The molecule has 24 heavy (non-hydrogen) atoms. The Bertz CT molecular complexity index is 620. The van der Waals surface area contributed by atoms with E-state index in [9.17, 15) is 9.90 Å². The second-order valence-corrected chi connectivity index (χ2v) is 6.38. The van der Waals surface area contributed by atoms with Crippen LogP contribution < -0.4 is 5.32 Å². The molecular formula is C20H24N2O2. The average molecular weight is 324 g/mol. The summed E-state index contributed by atoms with van der Waals surface area (Å²) in [5, 5.41) is 12.9. The molecule has 0 aromatic heterocycles. The van der Waals surface area contributed by atoms with E-state index in [0.29, 0.717) is 6.54 Å². The third-order valence-electron chi connectivity index (χ3n) is 4.67. The molecule has 0 spiro atoms. The number of nitrogens with one attached hydrogen (secondary N) is 1. The van der Waals surface area contributed by atoms with Crippen LogP contribution in [0, 0.1) is 0 Å². The fourth-order valence-electron chi connectivity index (χ4n) is 3.20. The maximum Gasteiger partial charge on any atom is 0.237 e. The normalized spacial score (nSPS) is 19.4. The van der Waals surface area contributed by atoms with Gasteiger partial charge in [0.25, 0.3) is 0 Å². The molecule has 1 fully saturated rings. The molecule has 1 heterocycles. The van der Waals surface area contributed by atoms with E-state index < -0.39 is 0 Å². The quantitative estimate of drug-likeness (QED) is 0.888. The Balaban J connectivity index is 1.78. The summed E-state index contributed by atoms with van der Waals surface area (Å²) in [6, 6.07) is 19.6. The van der Waals surface area contributed by atoms with Gasteiger partial charge in [0.15, 0.2) is 0 Å². The number of hydrogen-bond donors (Lipinski definition) is 2. The van der Waals surface area contributed by atoms with Crippen molar-refractivity contribution in [2.75, 3.05) is 13.1 Å². The zero-order valence-electron chi connectivity index (χ0n) is 13.9. The summed E-state index contributed by atoms with van der Waals surface area (Å²) >= 11 is 0. The van der Waals surface area contributed by atoms with Crippen molar-refractivity contribution in [2.24, 2.45) is 0 Å². The van der Waals surface area contributed by atoms with Gasteiger partial charge in [-0.1, -0.05) is 60.7 Å². The predicted octanol–water partition coefficient (Wildman–Crippen LogP) is 2.35. The number of nitrogens with zero attached hydrogens (tertiary/aromatic N) is 1. The summed E-state index contributed by atoms with van der Waals surface area (Å²) in [5.41, 5.74) is 2.12. The van der Waals surface area contributed by atoms with Crippen LogP contribution in [0.25, 0.3) is 0 Å². The summed E-state index contributed by atoms with van der Waals surface area (Å²) in [6.07, 6.45) is 0.414. The summed E-state index contributed by atoms with van der Waals surface area (Å²) < 4.78 is 0. The second kappa shape index (κ2) is 7.60. The maximum atomic E-state index is 12.8. The number of rotatable bonds is 5. The average Bonchev–Trinajstić information content (AvgIpc) is 3.06. The molecule has 1 saturated heterocycles. The van der Waals surface area contributed by atoms with Crippen molar-refractivity contribution in [3.63, 3.8) is 0 Å². The van der Waals surface area contributed by atoms with E-state index in [2.05, 4.69) is 5.32 Å². The molecule has 126 valence electrons. The monoisotopic (exact) mass is 324 g/mol. The number of aliphatic hydroxyl groups is 1. The van der Waals surface area contributed by atoms with E-state index >= 15 is 0 Å². The van der Waals surface area contributed by atoms with Crippen LogP contribution in [-0.2, 0) is 4.79 Å². The number of carbonyl (C=O) groups is 1. The van der Waals surface area contributed by atoms with Crippen molar-refractivity contribution < 1.29 is 9.90 Å². The number of β-amino-alcohol motifs (C(OH)–C–C–N with tert-alkyl or cyclic N) is 1. The molecule has 1 unspecified atom stereocenters. The van der Waals surface area contributed by atoms with Gasteiger partial charge in [-0.25, -0.2) is 0 Å². The van der Waals surface area contributed by atoms with Crippen LogP contribution in [0.1, 0.15) is 30.5 Å². The highest BCUT2D eigenvalue weighted by Gasteiger charge is 2.29. The lowest BCUT2D eigenvalue weighted by molar-refractivity contribution is -0.126. The van der Waals surface area contributed by atoms with Crippen LogP contribution in [0.2, 0.25) is 0 Å². The second-order valence-electron chi connectivity index (χ2n) is 6.38. The van der Waals surface area contributed by atoms with Gasteiger partial charge >= 0.3 is 0 Å². The topological polar surface area (TPSA) is 52.6 Å². The first kappa shape index (κ1) is 16.7. The number of benzene rings is 2. The smallest absolute Gasteiger partial charge is 0.237 e. The van der Waals surface area contributed by atoms with E-state index in [-0.39, 0.29) is 24.1 Å². The number of amides is 1. The largest absolute Gasteiger partial charge is 0.392 e. The van der Waals surface area contributed by atoms with E-state index in [1.54, 1.807) is 0 Å². The molecule has 2 atom stereocenters. The van der Waals surface area contributed by atoms with Gasteiger partial charge in [0.2, 0.25) is 5.91 Å². The molecule has 0 bridgehead atoms. The van der Waals surface area contributed by atoms with Crippen molar-refractivity contribution in [3.8, 4) is 0 Å². The van der Waals surface area contributed by atoms with Crippen molar-refractivity contribution in [1.29, 1.82) is 0 Å². The summed E-state index contributed by atoms with van der Waals surface area (Å²) in [6.45, 7) is 3.23. The predicted molar refractivity (Wildman–Crippen MR) is 94.5 cm³/mol. The first-order valence-electron chi connectivity index (χ1n) is 8.47. The van der Waals surface area contributed by atoms with Crippen LogP contribution in [0.3, 0.4) is 0 Å². The third kappa shape index (κ3) is 3.83. The summed E-state index contributed by atoms with van der Waals surface area (Å²) in [5.74, 6) is -0.0122. The van der Waals surface area contributed by atoms with Gasteiger partial charge in [-0.3, -0.25) is 9.69 Å². The Hall–Kier alpha value is -2.17. The minimum absolute atomic E-state index is 0.0122. The highest BCUT2D eigenvalue weighted by Crippen LogP contribution is 2.22. The standard InChI is InChI=1S/C20H24N2O2/c1-15(22-13-12-18(23)14-22)20(24)21-19(16-8-4-2-5-9-16)17-10-6-3-7-11-17/h2-11,15,18-19,23H,12-14H2,1H3,(H,21,24)/t15?,18-/m0/s1. The molecule has 0 aliphatic carbocycles. The maximum absolute atomic E-state index is 12.8. The molecule has 4 heteroatoms. The van der Waals surface area contributed by atoms with Crippen LogP contribution in [0.4, 0.5) is 0 Å². The van der Waals surface area contributed by atoms with Gasteiger partial charge in [-0.15, -0.1) is 0 Å². The molecule has 1 aliphatic heterocycles. The molecule has 0 radical (unpaired) electrons. The number of carbonyl (C=O) groups excluding carboxylic acids is 1. The van der Waals surface area contributed by atoms with Gasteiger partial charge in [-0.2, -0.15) is 0 Å². The van der Waals surface area contributed by atoms with Gasteiger partial charge in [0.1, 0.15) is 0 Å². The summed E-state index contributed by atoms with van der Waals surface area (Å²) in [4.78, 5) is 14.8. The van der Waals surface area contributed by atoms with Gasteiger partial charge in [0, 0.05) is 13.1 Å². The van der Waals surface area contributed by atoms with E-state index in [1.165, 1.54) is 0 Å². The number of hydrogen-bond acceptors (Lipinski definition) is 3. The first-order chi connectivity index (χ1) is 11.6. The van der Waals surface area contributed by atoms with Crippen molar-refractivity contribution in [2.45, 2.75) is 31.5 Å². The lowest BCUT2D eigenvalue weighted by Crippen LogP contribution is -2.45. The lowest BCUT2D eigenvalue weighted by atomic mass is 9.98. The Morgan fingerprint density at radius 2 is 1.62 bits per heavy atom. The highest BCUT2D eigenvalue weighted by molar-refractivity contribution is 5.82. The highest BCUT2D eigenvalue weighted by atomic mass is 16.3. The minimum Gasteiger partial charge on any atom is -0.392 e. The lowest BCUT2D eigenvalue weighted by Gasteiger charge is -2.26. The fourth-order valence-corrected chi connectivity index (χ4v) is 3.20. The van der Waals surface area contributed by atoms with Crippen molar-refractivity contribution >= 4 is 5.91 Å². The SMILES string of the molecule is CC(C(=O)NC(c1ccccc1)c1ccccc1)N1CC[C@H](O)C1. The summed E-state index contributed by atoms with van der Waals surface area (Å²) in [7, 11) is 0. The molecule has 2 N–H and O–H groups in total. The Morgan fingerprint density at radius 1 is 1.08 bits per heavy atom. The molecule has 3 rings (SSSR count). The van der Waals surface area contributed by atoms with Gasteiger partial charge in [-0.05, 0) is 24.5 Å². The van der Waals surface area contributed by atoms with Crippen molar-refractivity contribution in [1.82, 2.24) is 10.2 Å². The molecule has 4 nitrogen and oxygen atoms in total. The van der Waals surface area contributed by atoms with Gasteiger partial charge < -0.3 is 10.4 Å². The molecule has 2 aromatic carbocycles. The van der Waals surface area contributed by atoms with E-state index in [1.807, 2.05) is 72.5 Å². The van der Waals surface area contributed by atoms with Crippen LogP contribution in [0.5, 0.6) is 0 Å². The Kier molecular flexibility index (Phi) is 5.28. The minimum atomic E-state index is -0.320. The molecular weight excluding hydrogens is 300 g/mol. The first-order valence-corrected chi connectivity index (χ1v) is 8.47. The third-order valence-corrected chi connectivity index (χ3v) is 4.67. The fraction of sp³-hybridized carbons (Fsp3) is 0.350. The molecule has 0 saturated carbocycles. The zero-order valence-corrected chi connectivity index (χ0v) is 13.9. The van der Waals surface area contributed by atoms with E-state index in [4.69, 9.17) is 0 Å². The van der Waals surface area contributed by atoms with Gasteiger partial charge in [0.05, 0.1) is 18.2 Å². The number of likely N-dealkylation sites (tertiary alicyclic amines) is 1. The van der Waals surface area contributed by atoms with E-state index in [0.717, 1.165) is 24.1 Å².